The van der Waals surface area contributed by atoms with Crippen molar-refractivity contribution in [1.29, 1.82) is 0 Å². The molecule has 0 saturated carbocycles. The fraction of sp³-hybridized carbons (Fsp3) is 0.143. The number of H-pyrrole nitrogens is 2. The van der Waals surface area contributed by atoms with Crippen molar-refractivity contribution in [2.24, 2.45) is 11.5 Å². The Kier molecular flexibility index (Phi) is 8.10. The maximum absolute atomic E-state index is 12.9. The second-order valence-electron chi connectivity index (χ2n) is 9.13. The van der Waals surface area contributed by atoms with Crippen LogP contribution in [-0.2, 0) is 0 Å². The lowest BCUT2D eigenvalue weighted by Crippen LogP contribution is -2.29. The van der Waals surface area contributed by atoms with Crippen molar-refractivity contribution >= 4 is 68.1 Å². The number of carbonyl (C=O) groups is 4. The number of amides is 4. The number of benzene rings is 2. The molecule has 3 heterocycles. The predicted octanol–water partition coefficient (Wildman–Crippen LogP) is 2.59. The number of hydrogen-bond acceptors (Lipinski definition) is 7. The number of hydrogen-bond donors (Lipinski definition) is 8. The van der Waals surface area contributed by atoms with E-state index in [9.17, 15) is 19.2 Å². The van der Waals surface area contributed by atoms with Gasteiger partial charge in [0.05, 0.1) is 9.75 Å². The molecular weight excluding hydrogens is 544 g/mol. The molecule has 12 nitrogen and oxygen atoms in total. The molecule has 0 saturated heterocycles. The van der Waals surface area contributed by atoms with Crippen LogP contribution in [-0.4, -0.2) is 59.8 Å². The second kappa shape index (κ2) is 12.0. The maximum Gasteiger partial charge on any atom is 0.267 e. The first kappa shape index (κ1) is 27.6. The molecule has 5 aromatic rings. The molecule has 5 rings (SSSR count). The number of anilines is 2. The number of thiophene rings is 1. The van der Waals surface area contributed by atoms with Gasteiger partial charge in [-0.15, -0.1) is 11.3 Å². The molecule has 10 N–H and O–H groups in total. The number of rotatable bonds is 10. The maximum atomic E-state index is 12.9. The van der Waals surface area contributed by atoms with Crippen LogP contribution in [0.25, 0.3) is 21.8 Å². The Morgan fingerprint density at radius 1 is 0.610 bits per heavy atom. The topological polar surface area (TPSA) is 200 Å². The van der Waals surface area contributed by atoms with Gasteiger partial charge in [0.25, 0.3) is 23.6 Å². The van der Waals surface area contributed by atoms with Crippen LogP contribution in [0.4, 0.5) is 11.4 Å². The molecule has 2 aromatic carbocycles. The number of aromatic nitrogens is 2. The largest absolute Gasteiger partial charge is 0.351 e. The Morgan fingerprint density at radius 2 is 1.05 bits per heavy atom. The van der Waals surface area contributed by atoms with Crippen LogP contribution in [0.2, 0.25) is 0 Å². The van der Waals surface area contributed by atoms with Gasteiger partial charge >= 0.3 is 0 Å². The van der Waals surface area contributed by atoms with Crippen molar-refractivity contribution < 1.29 is 19.2 Å². The fourth-order valence-electron chi connectivity index (χ4n) is 4.19. The number of fused-ring (bicyclic) bond motifs is 2. The van der Waals surface area contributed by atoms with Crippen LogP contribution >= 0.6 is 11.3 Å². The van der Waals surface area contributed by atoms with Crippen LogP contribution < -0.4 is 32.7 Å². The average molecular weight is 573 g/mol. The molecule has 210 valence electrons. The highest BCUT2D eigenvalue weighted by molar-refractivity contribution is 7.16. The molecule has 0 aliphatic rings. The molecule has 3 aromatic heterocycles. The van der Waals surface area contributed by atoms with E-state index in [1.54, 1.807) is 60.7 Å². The van der Waals surface area contributed by atoms with E-state index in [1.807, 2.05) is 0 Å². The lowest BCUT2D eigenvalue weighted by molar-refractivity contribution is 0.0942. The van der Waals surface area contributed by atoms with Gasteiger partial charge in [0, 0.05) is 59.4 Å². The molecule has 41 heavy (non-hydrogen) atoms. The average Bonchev–Trinajstić information content (AvgIpc) is 3.72. The van der Waals surface area contributed by atoms with Crippen molar-refractivity contribution in [2.45, 2.75) is 0 Å². The van der Waals surface area contributed by atoms with E-state index in [2.05, 4.69) is 31.2 Å². The summed E-state index contributed by atoms with van der Waals surface area (Å²) < 4.78 is 0. The van der Waals surface area contributed by atoms with Gasteiger partial charge in [-0.2, -0.15) is 0 Å². The number of nitrogens with one attached hydrogen (secondary N) is 6. The standard InChI is InChI=1S/C28H28N8O4S/c29-7-9-31-25(37)21-13-15-11-17(1-3-19(15)35-21)33-27(39)23-5-6-24(41-23)28(40)34-18-2-4-20-16(12-18)14-22(36-20)26(38)32-10-8-30/h1-6,11-14,35-36H,7-10,29-30H2,(H,31,37)(H,32,38)(H,33,39)(H,34,40). The second-order valence-corrected chi connectivity index (χ2v) is 10.2. The van der Waals surface area contributed by atoms with E-state index < -0.39 is 0 Å². The van der Waals surface area contributed by atoms with Crippen LogP contribution in [0.3, 0.4) is 0 Å². The van der Waals surface area contributed by atoms with E-state index in [0.717, 1.165) is 33.1 Å². The zero-order valence-corrected chi connectivity index (χ0v) is 22.6. The molecule has 0 radical (unpaired) electrons. The normalized spacial score (nSPS) is 11.0. The summed E-state index contributed by atoms with van der Waals surface area (Å²) in [5, 5.41) is 12.6. The van der Waals surface area contributed by atoms with Crippen molar-refractivity contribution in [3.8, 4) is 0 Å². The molecule has 13 heteroatoms. The summed E-state index contributed by atoms with van der Waals surface area (Å²) in [6.07, 6.45) is 0. The molecule has 0 atom stereocenters. The summed E-state index contributed by atoms with van der Waals surface area (Å²) in [6, 6.07) is 17.1. The number of carbonyl (C=O) groups excluding carboxylic acids is 4. The Hall–Kier alpha value is -4.98. The molecule has 4 amide bonds. The minimum Gasteiger partial charge on any atom is -0.351 e. The Bertz CT molecular complexity index is 1640. The predicted molar refractivity (Wildman–Crippen MR) is 160 cm³/mol. The highest BCUT2D eigenvalue weighted by Crippen LogP contribution is 2.25. The molecular formula is C28H28N8O4S. The highest BCUT2D eigenvalue weighted by atomic mass is 32.1. The summed E-state index contributed by atoms with van der Waals surface area (Å²) >= 11 is 1.06. The van der Waals surface area contributed by atoms with E-state index in [0.29, 0.717) is 58.7 Å². The van der Waals surface area contributed by atoms with Gasteiger partial charge in [0.15, 0.2) is 0 Å². The fourth-order valence-corrected chi connectivity index (χ4v) is 4.99. The van der Waals surface area contributed by atoms with E-state index >= 15 is 0 Å². The molecule has 0 unspecified atom stereocenters. The SMILES string of the molecule is NCCNC(=O)c1cc2cc(NC(=O)c3ccc(C(=O)Nc4ccc5[nH]c(C(=O)NCCN)cc5c4)s3)ccc2[nH]1. The van der Waals surface area contributed by atoms with Gasteiger partial charge in [-0.25, -0.2) is 0 Å². The van der Waals surface area contributed by atoms with Gasteiger partial charge in [0.1, 0.15) is 11.4 Å². The first-order valence-corrected chi connectivity index (χ1v) is 13.6. The third-order valence-corrected chi connectivity index (χ3v) is 7.24. The van der Waals surface area contributed by atoms with Crippen LogP contribution in [0, 0.1) is 0 Å². The van der Waals surface area contributed by atoms with Crippen molar-refractivity contribution in [3.63, 3.8) is 0 Å². The van der Waals surface area contributed by atoms with Crippen LogP contribution in [0.1, 0.15) is 40.3 Å². The summed E-state index contributed by atoms with van der Waals surface area (Å²) in [5.74, 6) is -1.24. The minimum atomic E-state index is -0.362. The summed E-state index contributed by atoms with van der Waals surface area (Å²) in [7, 11) is 0. The summed E-state index contributed by atoms with van der Waals surface area (Å²) in [4.78, 5) is 57.0. The Balaban J connectivity index is 1.23. The smallest absolute Gasteiger partial charge is 0.267 e. The third kappa shape index (κ3) is 6.27. The van der Waals surface area contributed by atoms with Crippen molar-refractivity contribution in [3.05, 3.63) is 81.8 Å². The zero-order valence-electron chi connectivity index (χ0n) is 21.8. The molecule has 0 aliphatic heterocycles. The number of nitrogens with two attached hydrogens (primary N) is 2. The van der Waals surface area contributed by atoms with E-state index in [1.165, 1.54) is 0 Å². The van der Waals surface area contributed by atoms with Gasteiger partial charge in [-0.05, 0) is 60.7 Å². The van der Waals surface area contributed by atoms with Crippen LogP contribution in [0.15, 0.2) is 60.7 Å². The zero-order chi connectivity index (χ0) is 28.9. The first-order valence-electron chi connectivity index (χ1n) is 12.8. The summed E-state index contributed by atoms with van der Waals surface area (Å²) in [5.41, 5.74) is 14.3. The van der Waals surface area contributed by atoms with Crippen molar-refractivity contribution in [1.82, 2.24) is 20.6 Å². The van der Waals surface area contributed by atoms with Crippen LogP contribution in [0.5, 0.6) is 0 Å². The monoisotopic (exact) mass is 572 g/mol. The number of aromatic amines is 2. The highest BCUT2D eigenvalue weighted by Gasteiger charge is 2.16. The Labute approximate surface area is 237 Å². The third-order valence-electron chi connectivity index (χ3n) is 6.16. The lowest BCUT2D eigenvalue weighted by Gasteiger charge is -2.04. The van der Waals surface area contributed by atoms with Gasteiger partial charge in [-0.1, -0.05) is 0 Å². The lowest BCUT2D eigenvalue weighted by atomic mass is 10.2. The quantitative estimate of drug-likeness (QED) is 0.126. The van der Waals surface area contributed by atoms with Gasteiger partial charge < -0.3 is 42.7 Å². The van der Waals surface area contributed by atoms with E-state index in [-0.39, 0.29) is 23.6 Å². The Morgan fingerprint density at radius 3 is 1.46 bits per heavy atom. The van der Waals surface area contributed by atoms with Crippen molar-refractivity contribution in [2.75, 3.05) is 36.8 Å². The molecule has 0 aliphatic carbocycles. The first-order chi connectivity index (χ1) is 19.8. The van der Waals surface area contributed by atoms with Gasteiger partial charge in [-0.3, -0.25) is 19.2 Å². The summed E-state index contributed by atoms with van der Waals surface area (Å²) in [6.45, 7) is 1.43. The van der Waals surface area contributed by atoms with E-state index in [4.69, 9.17) is 11.5 Å². The minimum absolute atomic E-state index is 0.259. The molecule has 0 bridgehead atoms. The molecule has 0 spiro atoms. The molecule has 0 fully saturated rings. The van der Waals surface area contributed by atoms with Gasteiger partial charge in [0.2, 0.25) is 0 Å².